The molecule has 0 radical (unpaired) electrons. The van der Waals surface area contributed by atoms with E-state index in [9.17, 15) is 26.4 Å². The molecular formula is C14H18F3NO4S. The number of hydrogen-bond donors (Lipinski definition) is 1. The van der Waals surface area contributed by atoms with Crippen LogP contribution in [0.2, 0.25) is 0 Å². The van der Waals surface area contributed by atoms with Gasteiger partial charge in [-0.1, -0.05) is 6.58 Å². The number of alkyl halides is 3. The molecule has 0 aliphatic heterocycles. The van der Waals surface area contributed by atoms with Crippen molar-refractivity contribution in [2.24, 2.45) is 11.8 Å². The minimum Gasteiger partial charge on any atom is -0.456 e. The number of esters is 1. The number of sulfonamides is 1. The molecule has 4 fully saturated rings. The van der Waals surface area contributed by atoms with Crippen molar-refractivity contribution in [3.8, 4) is 0 Å². The minimum atomic E-state index is -5.43. The van der Waals surface area contributed by atoms with E-state index in [0.29, 0.717) is 25.7 Å². The SMILES string of the molecule is C=CC(=O)OC12CC3CC(CC(NS(=O)(=O)C(F)(F)F)(C3)C1)C2. The molecule has 130 valence electrons. The first-order valence-corrected chi connectivity index (χ1v) is 8.92. The molecule has 4 bridgehead atoms. The van der Waals surface area contributed by atoms with Gasteiger partial charge in [-0.05, 0) is 43.9 Å². The third-order valence-corrected chi connectivity index (χ3v) is 6.46. The highest BCUT2D eigenvalue weighted by molar-refractivity contribution is 7.90. The van der Waals surface area contributed by atoms with E-state index in [0.717, 1.165) is 12.5 Å². The Morgan fingerprint density at radius 3 is 2.26 bits per heavy atom. The lowest BCUT2D eigenvalue weighted by atomic mass is 9.51. The Labute approximate surface area is 132 Å². The van der Waals surface area contributed by atoms with Gasteiger partial charge in [-0.3, -0.25) is 0 Å². The maximum atomic E-state index is 12.7. The van der Waals surface area contributed by atoms with E-state index in [1.54, 1.807) is 0 Å². The van der Waals surface area contributed by atoms with Gasteiger partial charge in [0.15, 0.2) is 0 Å². The van der Waals surface area contributed by atoms with Crippen LogP contribution in [0.3, 0.4) is 0 Å². The quantitative estimate of drug-likeness (QED) is 0.621. The summed E-state index contributed by atoms with van der Waals surface area (Å²) < 4.78 is 68.6. The highest BCUT2D eigenvalue weighted by Gasteiger charge is 2.62. The van der Waals surface area contributed by atoms with Crippen molar-refractivity contribution < 1.29 is 31.1 Å². The Kier molecular flexibility index (Phi) is 3.61. The van der Waals surface area contributed by atoms with Gasteiger partial charge < -0.3 is 4.74 Å². The first-order valence-electron chi connectivity index (χ1n) is 7.44. The van der Waals surface area contributed by atoms with Gasteiger partial charge in [0.1, 0.15) is 5.60 Å². The topological polar surface area (TPSA) is 72.5 Å². The number of halogens is 3. The van der Waals surface area contributed by atoms with Crippen LogP contribution in [0.1, 0.15) is 38.5 Å². The summed E-state index contributed by atoms with van der Waals surface area (Å²) >= 11 is 0. The molecule has 1 N–H and O–H groups in total. The minimum absolute atomic E-state index is 0.0600. The van der Waals surface area contributed by atoms with Gasteiger partial charge in [0, 0.05) is 18.0 Å². The molecule has 0 spiro atoms. The highest BCUT2D eigenvalue weighted by atomic mass is 32.2. The fourth-order valence-electron chi connectivity index (χ4n) is 5.02. The maximum Gasteiger partial charge on any atom is 0.511 e. The van der Waals surface area contributed by atoms with E-state index in [4.69, 9.17) is 4.74 Å². The first kappa shape index (κ1) is 16.8. The van der Waals surface area contributed by atoms with E-state index in [-0.39, 0.29) is 18.3 Å². The molecule has 0 heterocycles. The lowest BCUT2D eigenvalue weighted by Gasteiger charge is -2.60. The fraction of sp³-hybridized carbons (Fsp3) is 0.786. The number of rotatable bonds is 4. The van der Waals surface area contributed by atoms with Crippen molar-refractivity contribution in [2.45, 2.75) is 55.2 Å². The maximum absolute atomic E-state index is 12.7. The third kappa shape index (κ3) is 2.88. The van der Waals surface area contributed by atoms with Crippen LogP contribution in [0.25, 0.3) is 0 Å². The summed E-state index contributed by atoms with van der Waals surface area (Å²) in [5.41, 5.74) is -7.41. The lowest BCUT2D eigenvalue weighted by molar-refractivity contribution is -0.185. The number of carbonyl (C=O) groups is 1. The van der Waals surface area contributed by atoms with Gasteiger partial charge in [-0.15, -0.1) is 0 Å². The molecule has 4 rings (SSSR count). The van der Waals surface area contributed by atoms with Crippen molar-refractivity contribution in [3.05, 3.63) is 12.7 Å². The standard InChI is InChI=1S/C14H18F3NO4S/c1-2-11(19)22-13-6-9-3-10(7-13)5-12(4-9,8-13)18-23(20,21)14(15,16)17/h2,9-10,18H,1,3-8H2. The van der Waals surface area contributed by atoms with Gasteiger partial charge in [0.25, 0.3) is 0 Å². The van der Waals surface area contributed by atoms with Gasteiger partial charge >= 0.3 is 21.5 Å². The molecule has 4 saturated carbocycles. The smallest absolute Gasteiger partial charge is 0.456 e. The second-order valence-electron chi connectivity index (χ2n) is 7.10. The average Bonchev–Trinajstić information content (AvgIpc) is 2.33. The van der Waals surface area contributed by atoms with Crippen LogP contribution in [0, 0.1) is 11.8 Å². The fourth-order valence-corrected chi connectivity index (χ4v) is 5.94. The van der Waals surface area contributed by atoms with Crippen LogP contribution in [-0.4, -0.2) is 31.0 Å². The molecule has 0 aromatic heterocycles. The Bertz CT molecular complexity index is 629. The Hall–Kier alpha value is -1.09. The molecule has 0 amide bonds. The van der Waals surface area contributed by atoms with Crippen LogP contribution in [-0.2, 0) is 19.6 Å². The predicted octanol–water partition coefficient (Wildman–Crippen LogP) is 2.25. The van der Waals surface area contributed by atoms with Crippen LogP contribution < -0.4 is 4.72 Å². The summed E-state index contributed by atoms with van der Waals surface area (Å²) in [5, 5.41) is 0. The van der Waals surface area contributed by atoms with Crippen LogP contribution in [0.15, 0.2) is 12.7 Å². The molecule has 0 saturated heterocycles. The Morgan fingerprint density at radius 1 is 1.22 bits per heavy atom. The van der Waals surface area contributed by atoms with E-state index >= 15 is 0 Å². The summed E-state index contributed by atoms with van der Waals surface area (Å²) in [6, 6.07) is 0. The Morgan fingerprint density at radius 2 is 1.78 bits per heavy atom. The predicted molar refractivity (Wildman–Crippen MR) is 74.5 cm³/mol. The summed E-state index contributed by atoms with van der Waals surface area (Å²) in [6.07, 6.45) is 3.78. The van der Waals surface area contributed by atoms with Crippen molar-refractivity contribution in [2.75, 3.05) is 0 Å². The molecule has 4 aliphatic rings. The molecular weight excluding hydrogens is 335 g/mol. The van der Waals surface area contributed by atoms with E-state index in [1.807, 2.05) is 4.72 Å². The largest absolute Gasteiger partial charge is 0.511 e. The van der Waals surface area contributed by atoms with E-state index in [2.05, 4.69) is 6.58 Å². The highest BCUT2D eigenvalue weighted by Crippen LogP contribution is 2.59. The van der Waals surface area contributed by atoms with Crippen LogP contribution in [0.5, 0.6) is 0 Å². The van der Waals surface area contributed by atoms with Crippen molar-refractivity contribution in [3.63, 3.8) is 0 Å². The van der Waals surface area contributed by atoms with Crippen molar-refractivity contribution in [1.29, 1.82) is 0 Å². The Balaban J connectivity index is 1.89. The number of ether oxygens (including phenoxy) is 1. The molecule has 4 aliphatic carbocycles. The molecule has 2 atom stereocenters. The second kappa shape index (κ2) is 4.95. The summed E-state index contributed by atoms with van der Waals surface area (Å²) in [7, 11) is -5.43. The summed E-state index contributed by atoms with van der Waals surface area (Å²) in [5.74, 6) is -0.504. The first-order chi connectivity index (χ1) is 10.5. The second-order valence-corrected chi connectivity index (χ2v) is 8.77. The zero-order valence-electron chi connectivity index (χ0n) is 12.4. The normalized spacial score (nSPS) is 39.3. The zero-order chi connectivity index (χ0) is 17.1. The molecule has 23 heavy (non-hydrogen) atoms. The summed E-state index contributed by atoms with van der Waals surface area (Å²) in [6.45, 7) is 3.33. The van der Waals surface area contributed by atoms with Crippen LogP contribution in [0.4, 0.5) is 13.2 Å². The van der Waals surface area contributed by atoms with Crippen molar-refractivity contribution >= 4 is 16.0 Å². The van der Waals surface area contributed by atoms with Gasteiger partial charge in [-0.2, -0.15) is 13.2 Å². The molecule has 9 heteroatoms. The zero-order valence-corrected chi connectivity index (χ0v) is 13.2. The van der Waals surface area contributed by atoms with Crippen molar-refractivity contribution in [1.82, 2.24) is 4.72 Å². The third-order valence-electron chi connectivity index (χ3n) is 5.15. The monoisotopic (exact) mass is 353 g/mol. The van der Waals surface area contributed by atoms with Gasteiger partial charge in [0.2, 0.25) is 0 Å². The number of hydrogen-bond acceptors (Lipinski definition) is 4. The van der Waals surface area contributed by atoms with Gasteiger partial charge in [0.05, 0.1) is 0 Å². The van der Waals surface area contributed by atoms with E-state index < -0.39 is 32.6 Å². The molecule has 2 unspecified atom stereocenters. The number of carbonyl (C=O) groups excluding carboxylic acids is 1. The molecule has 5 nitrogen and oxygen atoms in total. The number of nitrogens with one attached hydrogen (secondary N) is 1. The molecule has 0 aromatic carbocycles. The lowest BCUT2D eigenvalue weighted by Crippen LogP contribution is -2.67. The van der Waals surface area contributed by atoms with Gasteiger partial charge in [-0.25, -0.2) is 17.9 Å². The average molecular weight is 353 g/mol. The van der Waals surface area contributed by atoms with E-state index in [1.165, 1.54) is 0 Å². The molecule has 0 aromatic rings. The van der Waals surface area contributed by atoms with Crippen LogP contribution >= 0.6 is 0 Å². The summed E-state index contributed by atoms with van der Waals surface area (Å²) in [4.78, 5) is 11.6.